The summed E-state index contributed by atoms with van der Waals surface area (Å²) in [4.78, 5) is 25.3. The van der Waals surface area contributed by atoms with Gasteiger partial charge in [-0.15, -0.1) is 0 Å². The van der Waals surface area contributed by atoms with Crippen molar-refractivity contribution in [3.63, 3.8) is 0 Å². The second-order valence-electron chi connectivity index (χ2n) is 5.52. The number of hydrogen-bond acceptors (Lipinski definition) is 4. The predicted octanol–water partition coefficient (Wildman–Crippen LogP) is 1.83. The Bertz CT molecular complexity index is 559. The average molecular weight is 295 g/mol. The zero-order chi connectivity index (χ0) is 15.8. The number of carboxylic acid groups (broad SMARTS) is 1. The van der Waals surface area contributed by atoms with E-state index in [9.17, 15) is 19.1 Å². The maximum absolute atomic E-state index is 13.1. The van der Waals surface area contributed by atoms with Crippen LogP contribution in [0.15, 0.2) is 24.3 Å². The first kappa shape index (κ1) is 15.4. The molecule has 1 fully saturated rings. The molecular weight excluding hydrogens is 277 g/mol. The lowest BCUT2D eigenvalue weighted by Crippen LogP contribution is -2.47. The minimum absolute atomic E-state index is 0.146. The van der Waals surface area contributed by atoms with Crippen molar-refractivity contribution in [2.24, 2.45) is 5.92 Å². The van der Waals surface area contributed by atoms with Gasteiger partial charge in [0.05, 0.1) is 13.0 Å². The van der Waals surface area contributed by atoms with Crippen LogP contribution in [0.1, 0.15) is 24.9 Å². The van der Waals surface area contributed by atoms with Gasteiger partial charge in [0.2, 0.25) is 0 Å². The van der Waals surface area contributed by atoms with Gasteiger partial charge in [0, 0.05) is 6.04 Å². The summed E-state index contributed by atoms with van der Waals surface area (Å²) >= 11 is 0. The number of carboxylic acids is 1. The van der Waals surface area contributed by atoms with Gasteiger partial charge in [-0.05, 0) is 38.1 Å². The molecule has 0 unspecified atom stereocenters. The SMILES string of the molecule is COC(=O)[C@@]1(C)C[C@@H](C(=O)O)[C@H](c2ccc(F)cc2)N1C. The Kier molecular flexibility index (Phi) is 4.00. The molecular formula is C15H18FNO4. The van der Waals surface area contributed by atoms with E-state index in [2.05, 4.69) is 0 Å². The molecule has 1 aromatic rings. The zero-order valence-electron chi connectivity index (χ0n) is 12.2. The van der Waals surface area contributed by atoms with E-state index in [-0.39, 0.29) is 12.2 Å². The van der Waals surface area contributed by atoms with E-state index in [1.165, 1.54) is 19.2 Å². The fourth-order valence-electron chi connectivity index (χ4n) is 3.05. The number of rotatable bonds is 3. The molecule has 1 aliphatic rings. The van der Waals surface area contributed by atoms with Crippen molar-refractivity contribution >= 4 is 11.9 Å². The van der Waals surface area contributed by atoms with E-state index in [0.717, 1.165) is 0 Å². The molecule has 3 atom stereocenters. The fraction of sp³-hybridized carbons (Fsp3) is 0.467. The Morgan fingerprint density at radius 1 is 1.38 bits per heavy atom. The Labute approximate surface area is 122 Å². The highest BCUT2D eigenvalue weighted by atomic mass is 19.1. The molecule has 0 amide bonds. The highest BCUT2D eigenvalue weighted by Crippen LogP contribution is 2.46. The number of carbonyl (C=O) groups is 2. The molecule has 6 heteroatoms. The molecule has 1 aromatic carbocycles. The van der Waals surface area contributed by atoms with E-state index in [1.807, 2.05) is 0 Å². The van der Waals surface area contributed by atoms with Crippen molar-refractivity contribution in [3.05, 3.63) is 35.6 Å². The first-order chi connectivity index (χ1) is 9.81. The molecule has 1 heterocycles. The van der Waals surface area contributed by atoms with Gasteiger partial charge in [0.1, 0.15) is 11.4 Å². The summed E-state index contributed by atoms with van der Waals surface area (Å²) in [6, 6.07) is 5.17. The quantitative estimate of drug-likeness (QED) is 0.862. The zero-order valence-corrected chi connectivity index (χ0v) is 12.2. The summed E-state index contributed by atoms with van der Waals surface area (Å²) < 4.78 is 17.9. The van der Waals surface area contributed by atoms with Gasteiger partial charge >= 0.3 is 11.9 Å². The van der Waals surface area contributed by atoms with Gasteiger partial charge in [0.15, 0.2) is 0 Å². The minimum Gasteiger partial charge on any atom is -0.481 e. The van der Waals surface area contributed by atoms with Crippen LogP contribution in [-0.4, -0.2) is 41.6 Å². The van der Waals surface area contributed by atoms with Crippen LogP contribution in [0.3, 0.4) is 0 Å². The molecule has 0 spiro atoms. The number of likely N-dealkylation sites (N-methyl/N-ethyl adjacent to an activating group) is 1. The van der Waals surface area contributed by atoms with Crippen LogP contribution >= 0.6 is 0 Å². The van der Waals surface area contributed by atoms with Crippen molar-refractivity contribution in [2.45, 2.75) is 24.9 Å². The highest BCUT2D eigenvalue weighted by molar-refractivity contribution is 5.83. The molecule has 21 heavy (non-hydrogen) atoms. The van der Waals surface area contributed by atoms with E-state index >= 15 is 0 Å². The summed E-state index contributed by atoms with van der Waals surface area (Å²) in [5, 5.41) is 9.45. The molecule has 0 bridgehead atoms. The normalized spacial score (nSPS) is 29.3. The van der Waals surface area contributed by atoms with Gasteiger partial charge in [-0.3, -0.25) is 14.5 Å². The third-order valence-corrected chi connectivity index (χ3v) is 4.35. The van der Waals surface area contributed by atoms with Crippen LogP contribution in [0, 0.1) is 11.7 Å². The van der Waals surface area contributed by atoms with Gasteiger partial charge < -0.3 is 9.84 Å². The summed E-state index contributed by atoms with van der Waals surface area (Å²) in [5.74, 6) is -2.60. The number of esters is 1. The minimum atomic E-state index is -1.02. The van der Waals surface area contributed by atoms with Crippen LogP contribution in [0.4, 0.5) is 4.39 Å². The number of likely N-dealkylation sites (tertiary alicyclic amines) is 1. The number of nitrogens with zero attached hydrogens (tertiary/aromatic N) is 1. The maximum atomic E-state index is 13.1. The molecule has 2 rings (SSSR count). The van der Waals surface area contributed by atoms with Gasteiger partial charge in [-0.1, -0.05) is 12.1 Å². The topological polar surface area (TPSA) is 66.8 Å². The van der Waals surface area contributed by atoms with E-state index in [0.29, 0.717) is 5.56 Å². The summed E-state index contributed by atoms with van der Waals surface area (Å²) in [7, 11) is 2.97. The smallest absolute Gasteiger partial charge is 0.326 e. The molecule has 1 N–H and O–H groups in total. The number of halogens is 1. The Morgan fingerprint density at radius 2 is 1.95 bits per heavy atom. The second-order valence-corrected chi connectivity index (χ2v) is 5.52. The summed E-state index contributed by atoms with van der Waals surface area (Å²) in [5.41, 5.74) is -0.351. The Balaban J connectivity index is 2.44. The average Bonchev–Trinajstić information content (AvgIpc) is 2.73. The molecule has 0 aliphatic carbocycles. The summed E-state index contributed by atoms with van der Waals surface area (Å²) in [6.45, 7) is 1.66. The fourth-order valence-corrected chi connectivity index (χ4v) is 3.05. The summed E-state index contributed by atoms with van der Waals surface area (Å²) in [6.07, 6.45) is 0.146. The van der Waals surface area contributed by atoms with E-state index < -0.39 is 29.4 Å². The number of carbonyl (C=O) groups excluding carboxylic acids is 1. The van der Waals surface area contributed by atoms with Crippen molar-refractivity contribution in [2.75, 3.05) is 14.2 Å². The van der Waals surface area contributed by atoms with Gasteiger partial charge in [-0.25, -0.2) is 4.39 Å². The molecule has 0 aromatic heterocycles. The van der Waals surface area contributed by atoms with E-state index in [1.54, 1.807) is 31.0 Å². The third kappa shape index (κ3) is 2.51. The maximum Gasteiger partial charge on any atom is 0.326 e. The number of methoxy groups -OCH3 is 1. The van der Waals surface area contributed by atoms with Crippen LogP contribution in [0.5, 0.6) is 0 Å². The molecule has 0 radical (unpaired) electrons. The van der Waals surface area contributed by atoms with Crippen molar-refractivity contribution in [1.29, 1.82) is 0 Å². The largest absolute Gasteiger partial charge is 0.481 e. The molecule has 5 nitrogen and oxygen atoms in total. The molecule has 114 valence electrons. The van der Waals surface area contributed by atoms with Crippen molar-refractivity contribution in [1.82, 2.24) is 4.90 Å². The first-order valence-electron chi connectivity index (χ1n) is 6.61. The molecule has 0 saturated carbocycles. The molecule has 1 saturated heterocycles. The lowest BCUT2D eigenvalue weighted by molar-refractivity contribution is -0.152. The predicted molar refractivity (Wildman–Crippen MR) is 73.1 cm³/mol. The lowest BCUT2D eigenvalue weighted by atomic mass is 9.90. The van der Waals surface area contributed by atoms with Crippen molar-refractivity contribution < 1.29 is 23.8 Å². The lowest BCUT2D eigenvalue weighted by Gasteiger charge is -2.32. The van der Waals surface area contributed by atoms with Crippen molar-refractivity contribution in [3.8, 4) is 0 Å². The van der Waals surface area contributed by atoms with Gasteiger partial charge in [0.25, 0.3) is 0 Å². The monoisotopic (exact) mass is 295 g/mol. The number of ether oxygens (including phenoxy) is 1. The van der Waals surface area contributed by atoms with Gasteiger partial charge in [-0.2, -0.15) is 0 Å². The standard InChI is InChI=1S/C15H18FNO4/c1-15(14(20)21-3)8-11(13(18)19)12(17(15)2)9-4-6-10(16)7-5-9/h4-7,11-12H,8H2,1-3H3,(H,18,19)/t11-,12+,15-/m1/s1. The van der Waals surface area contributed by atoms with Crippen LogP contribution < -0.4 is 0 Å². The first-order valence-corrected chi connectivity index (χ1v) is 6.61. The Hall–Kier alpha value is -1.95. The highest BCUT2D eigenvalue weighted by Gasteiger charge is 2.55. The third-order valence-electron chi connectivity index (χ3n) is 4.35. The van der Waals surface area contributed by atoms with Crippen LogP contribution in [0.2, 0.25) is 0 Å². The van der Waals surface area contributed by atoms with E-state index in [4.69, 9.17) is 4.74 Å². The Morgan fingerprint density at radius 3 is 2.43 bits per heavy atom. The van der Waals surface area contributed by atoms with Crippen LogP contribution in [0.25, 0.3) is 0 Å². The number of aliphatic carboxylic acids is 1. The number of benzene rings is 1. The molecule has 1 aliphatic heterocycles. The van der Waals surface area contributed by atoms with Crippen LogP contribution in [-0.2, 0) is 14.3 Å². The second kappa shape index (κ2) is 5.44. The number of hydrogen-bond donors (Lipinski definition) is 1.